The Balaban J connectivity index is 2.88. The van der Waals surface area contributed by atoms with Crippen LogP contribution in [0.3, 0.4) is 0 Å². The Morgan fingerprint density at radius 1 is 1.42 bits per heavy atom. The van der Waals surface area contributed by atoms with Gasteiger partial charge in [-0.25, -0.2) is 0 Å². The van der Waals surface area contributed by atoms with Crippen LogP contribution in [0.4, 0.5) is 0 Å². The minimum absolute atomic E-state index is 0.0912. The molecule has 19 heavy (non-hydrogen) atoms. The van der Waals surface area contributed by atoms with Crippen LogP contribution in [0, 0.1) is 5.92 Å². The van der Waals surface area contributed by atoms with E-state index < -0.39 is 8.32 Å². The lowest BCUT2D eigenvalue weighted by atomic mass is 9.81. The number of hydrogen-bond donors (Lipinski definition) is 1. The van der Waals surface area contributed by atoms with E-state index in [0.29, 0.717) is 5.92 Å². The Hall–Kier alpha value is -0.383. The van der Waals surface area contributed by atoms with E-state index in [-0.39, 0.29) is 17.7 Å². The first-order chi connectivity index (χ1) is 8.58. The Labute approximate surface area is 119 Å². The molecular formula is C16H30O2Si. The first-order valence-electron chi connectivity index (χ1n) is 7.25. The topological polar surface area (TPSA) is 29.5 Å². The highest BCUT2D eigenvalue weighted by Gasteiger charge is 2.41. The van der Waals surface area contributed by atoms with Crippen LogP contribution in [0.1, 0.15) is 40.5 Å². The van der Waals surface area contributed by atoms with Gasteiger partial charge in [-0.3, -0.25) is 0 Å². The van der Waals surface area contributed by atoms with Crippen LogP contribution in [-0.2, 0) is 4.43 Å². The van der Waals surface area contributed by atoms with Crippen molar-refractivity contribution in [2.24, 2.45) is 5.92 Å². The maximum absolute atomic E-state index is 9.12. The molecule has 0 saturated heterocycles. The average molecular weight is 282 g/mol. The molecule has 0 aromatic rings. The van der Waals surface area contributed by atoms with Crippen molar-refractivity contribution >= 4 is 8.32 Å². The van der Waals surface area contributed by atoms with Gasteiger partial charge in [0.15, 0.2) is 8.32 Å². The first-order valence-corrected chi connectivity index (χ1v) is 10.2. The van der Waals surface area contributed by atoms with Crippen LogP contribution in [0.25, 0.3) is 0 Å². The van der Waals surface area contributed by atoms with E-state index >= 15 is 0 Å². The normalized spacial score (nSPS) is 27.9. The third-order valence-corrected chi connectivity index (χ3v) is 9.05. The molecule has 1 saturated carbocycles. The monoisotopic (exact) mass is 282 g/mol. The van der Waals surface area contributed by atoms with Gasteiger partial charge in [0.25, 0.3) is 0 Å². The Bertz CT molecular complexity index is 363. The molecule has 2 nitrogen and oxygen atoms in total. The maximum Gasteiger partial charge on any atom is 0.192 e. The highest BCUT2D eigenvalue weighted by Crippen LogP contribution is 2.41. The molecule has 1 fully saturated rings. The minimum Gasteiger partial charge on any atom is -0.410 e. The molecule has 1 rings (SSSR count). The van der Waals surface area contributed by atoms with Gasteiger partial charge in [-0.2, -0.15) is 0 Å². The third kappa shape index (κ3) is 4.04. The zero-order valence-electron chi connectivity index (χ0n) is 13.4. The standard InChI is InChI=1S/C16H30O2Si/c1-12-10-14(8-9-17)13(2)15(11-12)18-19(6,7)16(3,4)5/h8,12,15,17H,2,9-11H2,1,3-7H3/b14-8-/t12-,15?/m0/s1. The summed E-state index contributed by atoms with van der Waals surface area (Å²) in [5, 5.41) is 9.34. The van der Waals surface area contributed by atoms with Gasteiger partial charge < -0.3 is 9.53 Å². The molecule has 1 aliphatic carbocycles. The van der Waals surface area contributed by atoms with Crippen molar-refractivity contribution in [3.8, 4) is 0 Å². The van der Waals surface area contributed by atoms with Gasteiger partial charge in [0, 0.05) is 0 Å². The van der Waals surface area contributed by atoms with Crippen LogP contribution in [0.5, 0.6) is 0 Å². The summed E-state index contributed by atoms with van der Waals surface area (Å²) in [6.45, 7) is 17.9. The van der Waals surface area contributed by atoms with Gasteiger partial charge in [0.05, 0.1) is 12.7 Å². The second-order valence-corrected chi connectivity index (χ2v) is 12.1. The van der Waals surface area contributed by atoms with E-state index in [4.69, 9.17) is 9.53 Å². The second-order valence-electron chi connectivity index (χ2n) is 7.35. The van der Waals surface area contributed by atoms with Gasteiger partial charge in [-0.1, -0.05) is 40.3 Å². The lowest BCUT2D eigenvalue weighted by Gasteiger charge is -2.42. The summed E-state index contributed by atoms with van der Waals surface area (Å²) in [5.74, 6) is 0.595. The fourth-order valence-corrected chi connectivity index (χ4v) is 3.58. The zero-order valence-corrected chi connectivity index (χ0v) is 14.4. The van der Waals surface area contributed by atoms with Crippen molar-refractivity contribution in [1.29, 1.82) is 0 Å². The fourth-order valence-electron chi connectivity index (χ4n) is 2.28. The lowest BCUT2D eigenvalue weighted by Crippen LogP contribution is -2.45. The largest absolute Gasteiger partial charge is 0.410 e. The molecular weight excluding hydrogens is 252 g/mol. The molecule has 1 unspecified atom stereocenters. The molecule has 0 bridgehead atoms. The molecule has 1 N–H and O–H groups in total. The lowest BCUT2D eigenvalue weighted by molar-refractivity contribution is 0.173. The Morgan fingerprint density at radius 2 is 2.00 bits per heavy atom. The van der Waals surface area contributed by atoms with E-state index in [1.165, 1.54) is 5.57 Å². The summed E-state index contributed by atoms with van der Waals surface area (Å²) in [6, 6.07) is 0. The van der Waals surface area contributed by atoms with Crippen molar-refractivity contribution in [3.05, 3.63) is 23.8 Å². The Morgan fingerprint density at radius 3 is 2.47 bits per heavy atom. The summed E-state index contributed by atoms with van der Waals surface area (Å²) < 4.78 is 6.52. The molecule has 0 aliphatic heterocycles. The number of aliphatic hydroxyl groups is 1. The molecule has 3 heteroatoms. The van der Waals surface area contributed by atoms with Crippen LogP contribution in [0.15, 0.2) is 23.8 Å². The zero-order chi connectivity index (χ0) is 14.8. The highest BCUT2D eigenvalue weighted by atomic mass is 28.4. The fraction of sp³-hybridized carbons (Fsp3) is 0.750. The van der Waals surface area contributed by atoms with E-state index in [9.17, 15) is 0 Å². The highest BCUT2D eigenvalue weighted by molar-refractivity contribution is 6.74. The van der Waals surface area contributed by atoms with Gasteiger partial charge in [0.2, 0.25) is 0 Å². The van der Waals surface area contributed by atoms with Crippen LogP contribution in [0.2, 0.25) is 18.1 Å². The minimum atomic E-state index is -1.77. The molecule has 0 aromatic carbocycles. The quantitative estimate of drug-likeness (QED) is 0.783. The molecule has 0 spiro atoms. The summed E-state index contributed by atoms with van der Waals surface area (Å²) >= 11 is 0. The molecule has 1 aliphatic rings. The molecule has 0 amide bonds. The van der Waals surface area contributed by atoms with E-state index in [1.54, 1.807) is 0 Å². The smallest absolute Gasteiger partial charge is 0.192 e. The van der Waals surface area contributed by atoms with Crippen molar-refractivity contribution in [1.82, 2.24) is 0 Å². The average Bonchev–Trinajstić information content (AvgIpc) is 2.23. The van der Waals surface area contributed by atoms with Crippen molar-refractivity contribution in [3.63, 3.8) is 0 Å². The summed E-state index contributed by atoms with van der Waals surface area (Å²) in [4.78, 5) is 0. The summed E-state index contributed by atoms with van der Waals surface area (Å²) in [7, 11) is -1.77. The molecule has 0 radical (unpaired) electrons. The summed E-state index contributed by atoms with van der Waals surface area (Å²) in [5.41, 5.74) is 2.27. The van der Waals surface area contributed by atoms with Crippen LogP contribution in [-0.4, -0.2) is 26.1 Å². The van der Waals surface area contributed by atoms with Gasteiger partial charge in [-0.05, 0) is 48.0 Å². The number of hydrogen-bond acceptors (Lipinski definition) is 2. The molecule has 0 heterocycles. The SMILES string of the molecule is C=C1/C(=C\CO)C[C@H](C)CC1O[Si](C)(C)C(C)(C)C. The first kappa shape index (κ1) is 16.7. The molecule has 110 valence electrons. The van der Waals surface area contributed by atoms with Gasteiger partial charge in [0.1, 0.15) is 0 Å². The van der Waals surface area contributed by atoms with Crippen molar-refractivity contribution < 1.29 is 9.53 Å². The van der Waals surface area contributed by atoms with Gasteiger partial charge in [-0.15, -0.1) is 0 Å². The predicted molar refractivity (Wildman–Crippen MR) is 84.8 cm³/mol. The molecule has 2 atom stereocenters. The van der Waals surface area contributed by atoms with Crippen LogP contribution < -0.4 is 0 Å². The van der Waals surface area contributed by atoms with Crippen LogP contribution >= 0.6 is 0 Å². The van der Waals surface area contributed by atoms with Crippen molar-refractivity contribution in [2.45, 2.75) is 64.8 Å². The molecule has 0 aromatic heterocycles. The maximum atomic E-state index is 9.12. The van der Waals surface area contributed by atoms with Crippen molar-refractivity contribution in [2.75, 3.05) is 6.61 Å². The number of aliphatic hydroxyl groups excluding tert-OH is 1. The third-order valence-electron chi connectivity index (χ3n) is 4.57. The number of rotatable bonds is 3. The predicted octanol–water partition coefficient (Wildman–Crippen LogP) is 4.28. The van der Waals surface area contributed by atoms with Gasteiger partial charge >= 0.3 is 0 Å². The Kier molecular flexibility index (Phi) is 5.21. The summed E-state index contributed by atoms with van der Waals surface area (Å²) in [6.07, 6.45) is 4.08. The van der Waals surface area contributed by atoms with E-state index in [1.807, 2.05) is 6.08 Å². The second kappa shape index (κ2) is 5.94. The van der Waals surface area contributed by atoms with E-state index in [2.05, 4.69) is 47.4 Å². The van der Waals surface area contributed by atoms with E-state index in [0.717, 1.165) is 18.4 Å².